The maximum Gasteiger partial charge on any atom is 0.227 e. The van der Waals surface area contributed by atoms with Gasteiger partial charge in [-0.15, -0.1) is 11.3 Å². The Kier molecular flexibility index (Phi) is 3.85. The number of nitrogens with zero attached hydrogens (tertiary/aromatic N) is 4. The molecule has 2 fully saturated rings. The van der Waals surface area contributed by atoms with Crippen molar-refractivity contribution in [2.75, 3.05) is 49.2 Å². The van der Waals surface area contributed by atoms with Gasteiger partial charge in [-0.05, 0) is 24.3 Å². The molecule has 0 atom stereocenters. The van der Waals surface area contributed by atoms with Crippen LogP contribution in [-0.2, 0) is 4.74 Å². The second kappa shape index (κ2) is 5.98. The minimum Gasteiger partial charge on any atom is -0.378 e. The fraction of sp³-hybridized carbons (Fsp3) is 0.600. The van der Waals surface area contributed by atoms with Gasteiger partial charge in [-0.3, -0.25) is 0 Å². The van der Waals surface area contributed by atoms with Gasteiger partial charge in [-0.25, -0.2) is 4.98 Å². The number of aromatic nitrogens is 2. The lowest BCUT2D eigenvalue weighted by molar-refractivity contribution is 0.122. The molecule has 4 rings (SSSR count). The second-order valence-electron chi connectivity index (χ2n) is 5.91. The van der Waals surface area contributed by atoms with E-state index in [4.69, 9.17) is 20.4 Å². The van der Waals surface area contributed by atoms with Crippen LogP contribution in [0.1, 0.15) is 12.8 Å². The zero-order chi connectivity index (χ0) is 14.9. The molecule has 6 nitrogen and oxygen atoms in total. The first-order chi connectivity index (χ1) is 10.8. The van der Waals surface area contributed by atoms with Crippen LogP contribution in [-0.4, -0.2) is 55.4 Å². The highest BCUT2D eigenvalue weighted by molar-refractivity contribution is 7.17. The number of rotatable bonds is 2. The molecule has 4 heterocycles. The van der Waals surface area contributed by atoms with Crippen molar-refractivity contribution in [3.05, 3.63) is 11.4 Å². The minimum atomic E-state index is 0.319. The Balaban J connectivity index is 1.70. The SMILES string of the molecule is NC1CCN(c2nc(N3CCOCC3)c3sccc3n2)CC1. The van der Waals surface area contributed by atoms with Crippen LogP contribution in [0.2, 0.25) is 0 Å². The van der Waals surface area contributed by atoms with Crippen molar-refractivity contribution in [2.24, 2.45) is 5.73 Å². The van der Waals surface area contributed by atoms with Crippen molar-refractivity contribution < 1.29 is 4.74 Å². The third kappa shape index (κ3) is 2.64. The lowest BCUT2D eigenvalue weighted by Crippen LogP contribution is -2.41. The predicted octanol–water partition coefficient (Wildman–Crippen LogP) is 1.46. The molecule has 2 aromatic heterocycles. The van der Waals surface area contributed by atoms with Crippen molar-refractivity contribution in [3.63, 3.8) is 0 Å². The van der Waals surface area contributed by atoms with Crippen molar-refractivity contribution in [2.45, 2.75) is 18.9 Å². The van der Waals surface area contributed by atoms with E-state index in [2.05, 4.69) is 21.2 Å². The quantitative estimate of drug-likeness (QED) is 0.904. The third-order valence-electron chi connectivity index (χ3n) is 4.41. The smallest absolute Gasteiger partial charge is 0.227 e. The number of fused-ring (bicyclic) bond motifs is 1. The van der Waals surface area contributed by atoms with E-state index >= 15 is 0 Å². The highest BCUT2D eigenvalue weighted by Gasteiger charge is 2.22. The van der Waals surface area contributed by atoms with E-state index in [9.17, 15) is 0 Å². The molecular formula is C15H21N5OS. The van der Waals surface area contributed by atoms with E-state index in [1.165, 1.54) is 4.70 Å². The van der Waals surface area contributed by atoms with Gasteiger partial charge < -0.3 is 20.3 Å². The first-order valence-corrected chi connectivity index (χ1v) is 8.78. The lowest BCUT2D eigenvalue weighted by atomic mass is 10.1. The molecule has 7 heteroatoms. The zero-order valence-electron chi connectivity index (χ0n) is 12.6. The first kappa shape index (κ1) is 14.2. The van der Waals surface area contributed by atoms with E-state index in [1.807, 2.05) is 0 Å². The van der Waals surface area contributed by atoms with Crippen molar-refractivity contribution in [3.8, 4) is 0 Å². The van der Waals surface area contributed by atoms with Crippen LogP contribution in [0.15, 0.2) is 11.4 Å². The van der Waals surface area contributed by atoms with Crippen molar-refractivity contribution in [1.82, 2.24) is 9.97 Å². The normalized spacial score (nSPS) is 20.8. The number of ether oxygens (including phenoxy) is 1. The Morgan fingerprint density at radius 2 is 1.86 bits per heavy atom. The fourth-order valence-corrected chi connectivity index (χ4v) is 3.91. The Morgan fingerprint density at radius 3 is 2.64 bits per heavy atom. The summed E-state index contributed by atoms with van der Waals surface area (Å²) in [6, 6.07) is 2.41. The maximum atomic E-state index is 6.01. The molecule has 0 amide bonds. The van der Waals surface area contributed by atoms with Gasteiger partial charge >= 0.3 is 0 Å². The number of nitrogens with two attached hydrogens (primary N) is 1. The van der Waals surface area contributed by atoms with E-state index in [0.717, 1.165) is 69.5 Å². The molecule has 2 aromatic rings. The van der Waals surface area contributed by atoms with Crippen LogP contribution >= 0.6 is 11.3 Å². The summed E-state index contributed by atoms with van der Waals surface area (Å²) in [5, 5.41) is 2.10. The Morgan fingerprint density at radius 1 is 1.09 bits per heavy atom. The molecular weight excluding hydrogens is 298 g/mol. The molecule has 2 N–H and O–H groups in total. The fourth-order valence-electron chi connectivity index (χ4n) is 3.07. The Labute approximate surface area is 133 Å². The Bertz CT molecular complexity index is 646. The number of morpholine rings is 1. The second-order valence-corrected chi connectivity index (χ2v) is 6.82. The lowest BCUT2D eigenvalue weighted by Gasteiger charge is -2.32. The van der Waals surface area contributed by atoms with Gasteiger partial charge in [0, 0.05) is 32.2 Å². The minimum absolute atomic E-state index is 0.319. The predicted molar refractivity (Wildman–Crippen MR) is 89.9 cm³/mol. The van der Waals surface area contributed by atoms with Crippen molar-refractivity contribution in [1.29, 1.82) is 0 Å². The zero-order valence-corrected chi connectivity index (χ0v) is 13.4. The summed E-state index contributed by atoms with van der Waals surface area (Å²) < 4.78 is 6.65. The first-order valence-electron chi connectivity index (χ1n) is 7.90. The number of anilines is 2. The van der Waals surface area contributed by atoms with Crippen LogP contribution in [0.4, 0.5) is 11.8 Å². The molecule has 0 unspecified atom stereocenters. The van der Waals surface area contributed by atoms with E-state index < -0.39 is 0 Å². The molecule has 0 saturated carbocycles. The third-order valence-corrected chi connectivity index (χ3v) is 5.31. The summed E-state index contributed by atoms with van der Waals surface area (Å²) in [4.78, 5) is 14.3. The number of hydrogen-bond acceptors (Lipinski definition) is 7. The molecule has 2 aliphatic heterocycles. The van der Waals surface area contributed by atoms with Crippen LogP contribution in [0.5, 0.6) is 0 Å². The van der Waals surface area contributed by atoms with Crippen LogP contribution in [0, 0.1) is 0 Å². The average molecular weight is 319 g/mol. The van der Waals surface area contributed by atoms with E-state index in [1.54, 1.807) is 11.3 Å². The molecule has 118 valence electrons. The monoisotopic (exact) mass is 319 g/mol. The van der Waals surface area contributed by atoms with Gasteiger partial charge in [0.25, 0.3) is 0 Å². The Hall–Kier alpha value is -1.44. The summed E-state index contributed by atoms with van der Waals surface area (Å²) in [5.74, 6) is 1.91. The van der Waals surface area contributed by atoms with E-state index in [0.29, 0.717) is 6.04 Å². The topological polar surface area (TPSA) is 67.5 Å². The van der Waals surface area contributed by atoms with Crippen LogP contribution in [0.25, 0.3) is 10.2 Å². The van der Waals surface area contributed by atoms with Crippen LogP contribution in [0.3, 0.4) is 0 Å². The number of thiophene rings is 1. The van der Waals surface area contributed by atoms with Gasteiger partial charge in [0.05, 0.1) is 23.4 Å². The van der Waals surface area contributed by atoms with Gasteiger partial charge in [-0.2, -0.15) is 4.98 Å². The average Bonchev–Trinajstić information content (AvgIpc) is 3.04. The van der Waals surface area contributed by atoms with E-state index in [-0.39, 0.29) is 0 Å². The maximum absolute atomic E-state index is 6.01. The highest BCUT2D eigenvalue weighted by Crippen LogP contribution is 2.31. The molecule has 0 aromatic carbocycles. The highest BCUT2D eigenvalue weighted by atomic mass is 32.1. The largest absolute Gasteiger partial charge is 0.378 e. The molecule has 22 heavy (non-hydrogen) atoms. The molecule has 2 aliphatic rings. The standard InChI is InChI=1S/C15H21N5OS/c16-11-1-4-20(5-2-11)15-17-12-3-10-22-13(12)14(18-15)19-6-8-21-9-7-19/h3,10-11H,1-2,4-9,16H2. The van der Waals surface area contributed by atoms with Gasteiger partial charge in [-0.1, -0.05) is 0 Å². The molecule has 0 spiro atoms. The molecule has 2 saturated heterocycles. The summed E-state index contributed by atoms with van der Waals surface area (Å²) in [6.07, 6.45) is 2.02. The summed E-state index contributed by atoms with van der Waals surface area (Å²) in [5.41, 5.74) is 7.06. The van der Waals surface area contributed by atoms with Gasteiger partial charge in [0.2, 0.25) is 5.95 Å². The summed E-state index contributed by atoms with van der Waals surface area (Å²) >= 11 is 1.72. The molecule has 0 bridgehead atoms. The van der Waals surface area contributed by atoms with Crippen LogP contribution < -0.4 is 15.5 Å². The molecule has 0 aliphatic carbocycles. The number of hydrogen-bond donors (Lipinski definition) is 1. The van der Waals surface area contributed by atoms with Gasteiger partial charge in [0.1, 0.15) is 0 Å². The van der Waals surface area contributed by atoms with Gasteiger partial charge in [0.15, 0.2) is 5.82 Å². The number of piperidine rings is 1. The summed E-state index contributed by atoms with van der Waals surface area (Å²) in [7, 11) is 0. The molecule has 0 radical (unpaired) electrons. The summed E-state index contributed by atoms with van der Waals surface area (Å²) in [6.45, 7) is 5.22. The van der Waals surface area contributed by atoms with Crippen molar-refractivity contribution >= 4 is 33.3 Å².